The van der Waals surface area contributed by atoms with E-state index >= 15 is 0 Å². The van der Waals surface area contributed by atoms with Gasteiger partial charge in [0, 0.05) is 17.1 Å². The van der Waals surface area contributed by atoms with Crippen molar-refractivity contribution in [1.82, 2.24) is 10.4 Å². The monoisotopic (exact) mass is 360 g/mol. The molecule has 1 fully saturated rings. The number of rotatable bonds is 9. The van der Waals surface area contributed by atoms with E-state index in [0.717, 1.165) is 32.2 Å². The molecule has 0 saturated carbocycles. The molecule has 148 valence electrons. The second-order valence-corrected chi connectivity index (χ2v) is 8.61. The Bertz CT molecular complexity index is 524. The van der Waals surface area contributed by atoms with Crippen molar-refractivity contribution in [2.24, 2.45) is 0 Å². The van der Waals surface area contributed by atoms with E-state index in [1.165, 1.54) is 18.4 Å². The van der Waals surface area contributed by atoms with Crippen molar-refractivity contribution in [2.75, 3.05) is 6.54 Å². The number of piperidine rings is 1. The smallest absolute Gasteiger partial charge is 0.102 e. The molecule has 0 aliphatic carbocycles. The van der Waals surface area contributed by atoms with Gasteiger partial charge in [-0.2, -0.15) is 5.06 Å². The van der Waals surface area contributed by atoms with E-state index in [2.05, 4.69) is 82.3 Å². The Kier molecular flexibility index (Phi) is 7.69. The largest absolute Gasteiger partial charge is 0.314 e. The number of nitrogens with zero attached hydrogens (tertiary/aromatic N) is 1. The number of unbranched alkanes of at least 4 members (excludes halogenated alkanes) is 1. The van der Waals surface area contributed by atoms with E-state index in [0.29, 0.717) is 6.04 Å². The second kappa shape index (κ2) is 9.34. The molecule has 26 heavy (non-hydrogen) atoms. The first-order valence-corrected chi connectivity index (χ1v) is 10.6. The van der Waals surface area contributed by atoms with E-state index < -0.39 is 0 Å². The predicted molar refractivity (Wildman–Crippen MR) is 111 cm³/mol. The third-order valence-electron chi connectivity index (χ3n) is 6.16. The Hall–Kier alpha value is -0.900. The molecule has 1 N–H and O–H groups in total. The lowest BCUT2D eigenvalue weighted by molar-refractivity contribution is -0.316. The van der Waals surface area contributed by atoms with Crippen LogP contribution in [0, 0.1) is 0 Å². The molecule has 0 bridgehead atoms. The van der Waals surface area contributed by atoms with Crippen LogP contribution in [0.2, 0.25) is 0 Å². The van der Waals surface area contributed by atoms with Crippen LogP contribution in [0.15, 0.2) is 30.3 Å². The summed E-state index contributed by atoms with van der Waals surface area (Å²) in [6.45, 7) is 14.9. The van der Waals surface area contributed by atoms with Crippen LogP contribution in [0.1, 0.15) is 91.7 Å². The van der Waals surface area contributed by atoms with Crippen molar-refractivity contribution in [3.05, 3.63) is 35.9 Å². The van der Waals surface area contributed by atoms with Gasteiger partial charge in [0.2, 0.25) is 0 Å². The number of hydroxylamine groups is 2. The van der Waals surface area contributed by atoms with Gasteiger partial charge >= 0.3 is 0 Å². The summed E-state index contributed by atoms with van der Waals surface area (Å²) in [5.74, 6) is 0. The highest BCUT2D eigenvalue weighted by molar-refractivity contribution is 5.17. The Balaban J connectivity index is 2.19. The molecule has 3 nitrogen and oxygen atoms in total. The van der Waals surface area contributed by atoms with Gasteiger partial charge in [0.1, 0.15) is 6.10 Å². The lowest BCUT2D eigenvalue weighted by Gasteiger charge is -2.57. The van der Waals surface area contributed by atoms with Gasteiger partial charge in [-0.15, -0.1) is 0 Å². The standard InChI is InChI=1S/C23H40N2O/c1-7-10-16-24-21-17-22(5,6)25(23(8-2,9-3)18-21)26-19(4)20-14-12-11-13-15-20/h11-15,19,21,24H,7-10,16-18H2,1-6H3. The summed E-state index contributed by atoms with van der Waals surface area (Å²) in [7, 11) is 0. The van der Waals surface area contributed by atoms with Gasteiger partial charge in [0.15, 0.2) is 0 Å². The van der Waals surface area contributed by atoms with Crippen LogP contribution in [0.3, 0.4) is 0 Å². The Labute approximate surface area is 161 Å². The summed E-state index contributed by atoms with van der Waals surface area (Å²) < 4.78 is 0. The summed E-state index contributed by atoms with van der Waals surface area (Å²) >= 11 is 0. The van der Waals surface area contributed by atoms with Crippen molar-refractivity contribution in [2.45, 2.75) is 103 Å². The molecule has 2 unspecified atom stereocenters. The fourth-order valence-electron chi connectivity index (χ4n) is 4.59. The molecule has 1 saturated heterocycles. The van der Waals surface area contributed by atoms with Crippen LogP contribution in [0.5, 0.6) is 0 Å². The van der Waals surface area contributed by atoms with E-state index in [1.54, 1.807) is 0 Å². The fourth-order valence-corrected chi connectivity index (χ4v) is 4.59. The van der Waals surface area contributed by atoms with Crippen LogP contribution in [0.25, 0.3) is 0 Å². The molecular formula is C23H40N2O. The highest BCUT2D eigenvalue weighted by Gasteiger charge is 2.50. The Morgan fingerprint density at radius 2 is 1.77 bits per heavy atom. The van der Waals surface area contributed by atoms with Gasteiger partial charge < -0.3 is 5.32 Å². The van der Waals surface area contributed by atoms with Gasteiger partial charge in [0.25, 0.3) is 0 Å². The Morgan fingerprint density at radius 3 is 2.35 bits per heavy atom. The molecule has 2 atom stereocenters. The zero-order chi connectivity index (χ0) is 19.2. The van der Waals surface area contributed by atoms with Crippen LogP contribution in [-0.4, -0.2) is 28.7 Å². The number of hydrogen-bond acceptors (Lipinski definition) is 3. The minimum atomic E-state index is 0.0111. The molecule has 0 aromatic heterocycles. The highest BCUT2D eigenvalue weighted by atomic mass is 16.7. The maximum absolute atomic E-state index is 6.67. The molecule has 1 aromatic carbocycles. The first-order valence-electron chi connectivity index (χ1n) is 10.6. The van der Waals surface area contributed by atoms with Gasteiger partial charge in [-0.25, -0.2) is 0 Å². The third kappa shape index (κ3) is 4.88. The van der Waals surface area contributed by atoms with Crippen LogP contribution in [-0.2, 0) is 4.84 Å². The zero-order valence-corrected chi connectivity index (χ0v) is 17.8. The van der Waals surface area contributed by atoms with Crippen LogP contribution >= 0.6 is 0 Å². The molecule has 0 amide bonds. The van der Waals surface area contributed by atoms with Gasteiger partial charge in [-0.1, -0.05) is 57.5 Å². The lowest BCUT2D eigenvalue weighted by Crippen LogP contribution is -2.65. The third-order valence-corrected chi connectivity index (χ3v) is 6.16. The van der Waals surface area contributed by atoms with Crippen LogP contribution in [0.4, 0.5) is 0 Å². The maximum Gasteiger partial charge on any atom is 0.102 e. The fraction of sp³-hybridized carbons (Fsp3) is 0.739. The molecule has 2 rings (SSSR count). The van der Waals surface area contributed by atoms with Gasteiger partial charge in [0.05, 0.1) is 0 Å². The van der Waals surface area contributed by atoms with E-state index in [1.807, 2.05) is 0 Å². The van der Waals surface area contributed by atoms with Crippen LogP contribution < -0.4 is 5.32 Å². The maximum atomic E-state index is 6.67. The summed E-state index contributed by atoms with van der Waals surface area (Å²) in [5, 5.41) is 6.20. The van der Waals surface area contributed by atoms with E-state index in [9.17, 15) is 0 Å². The quantitative estimate of drug-likeness (QED) is 0.557. The number of benzene rings is 1. The first kappa shape index (κ1) is 21.4. The molecule has 1 aliphatic rings. The second-order valence-electron chi connectivity index (χ2n) is 8.61. The molecule has 0 spiro atoms. The SMILES string of the molecule is CCCCNC1CC(C)(C)N(OC(C)c2ccccc2)C(CC)(CC)C1. The van der Waals surface area contributed by atoms with Gasteiger partial charge in [-0.3, -0.25) is 4.84 Å². The highest BCUT2D eigenvalue weighted by Crippen LogP contribution is 2.44. The van der Waals surface area contributed by atoms with Crippen molar-refractivity contribution in [3.8, 4) is 0 Å². The zero-order valence-electron chi connectivity index (χ0n) is 17.8. The Morgan fingerprint density at radius 1 is 1.12 bits per heavy atom. The van der Waals surface area contributed by atoms with Crippen molar-refractivity contribution in [3.63, 3.8) is 0 Å². The summed E-state index contributed by atoms with van der Waals surface area (Å²) in [5.41, 5.74) is 1.35. The van der Waals surface area contributed by atoms with E-state index in [4.69, 9.17) is 4.84 Å². The topological polar surface area (TPSA) is 24.5 Å². The minimum Gasteiger partial charge on any atom is -0.314 e. The average molecular weight is 361 g/mol. The predicted octanol–water partition coefficient (Wildman–Crippen LogP) is 5.87. The average Bonchev–Trinajstić information content (AvgIpc) is 2.64. The molecule has 1 aromatic rings. The minimum absolute atomic E-state index is 0.0111. The molecular weight excluding hydrogens is 320 g/mol. The number of hydrogen-bond donors (Lipinski definition) is 1. The summed E-state index contributed by atoms with van der Waals surface area (Å²) in [4.78, 5) is 6.67. The first-order chi connectivity index (χ1) is 12.4. The van der Waals surface area contributed by atoms with Crippen molar-refractivity contribution < 1.29 is 4.84 Å². The van der Waals surface area contributed by atoms with Gasteiger partial charge in [-0.05, 0) is 65.0 Å². The van der Waals surface area contributed by atoms with Crippen molar-refractivity contribution in [1.29, 1.82) is 0 Å². The molecule has 1 aliphatic heterocycles. The van der Waals surface area contributed by atoms with E-state index in [-0.39, 0.29) is 17.2 Å². The number of nitrogens with one attached hydrogen (secondary N) is 1. The lowest BCUT2D eigenvalue weighted by atomic mass is 9.74. The molecule has 3 heteroatoms. The summed E-state index contributed by atoms with van der Waals surface area (Å²) in [6.07, 6.45) is 7.08. The molecule has 1 heterocycles. The summed E-state index contributed by atoms with van der Waals surface area (Å²) in [6, 6.07) is 11.2. The van der Waals surface area contributed by atoms with Crippen molar-refractivity contribution >= 4 is 0 Å². The normalized spacial score (nSPS) is 23.7. The molecule has 0 radical (unpaired) electrons.